The van der Waals surface area contributed by atoms with E-state index in [0.717, 1.165) is 0 Å². The van der Waals surface area contributed by atoms with Gasteiger partial charge in [0.15, 0.2) is 11.6 Å². The van der Waals surface area contributed by atoms with Gasteiger partial charge in [-0.2, -0.15) is 10.2 Å². The van der Waals surface area contributed by atoms with Crippen LogP contribution < -0.4 is 20.1 Å². The summed E-state index contributed by atoms with van der Waals surface area (Å²) in [6.07, 6.45) is 1.54. The number of nitriles is 1. The van der Waals surface area contributed by atoms with Gasteiger partial charge >= 0.3 is 5.69 Å². The lowest BCUT2D eigenvalue weighted by atomic mass is 10.1. The number of likely N-dealkylation sites (N-methyl/N-ethyl adjacent to an activating group) is 1. The molecule has 2 aromatic heterocycles. The number of rotatable bonds is 5. The largest absolute Gasteiger partial charge is 0.473 e. The zero-order valence-corrected chi connectivity index (χ0v) is 18.2. The number of pyridine rings is 1. The molecule has 0 unspecified atom stereocenters. The molecular weight excluding hydrogens is 413 g/mol. The minimum Gasteiger partial charge on any atom is -0.473 e. The SMILES string of the molecule is Cc1cc(Oc2c(F)cc(COc3cc4n(c(=O)n3)CC(C)(C)N4C)cc2C#N)ccn1. The van der Waals surface area contributed by atoms with Crippen molar-refractivity contribution in [3.63, 3.8) is 0 Å². The lowest BCUT2D eigenvalue weighted by molar-refractivity contribution is 0.290. The van der Waals surface area contributed by atoms with Gasteiger partial charge in [-0.3, -0.25) is 9.55 Å². The highest BCUT2D eigenvalue weighted by molar-refractivity contribution is 5.49. The first-order valence-corrected chi connectivity index (χ1v) is 9.99. The number of anilines is 1. The summed E-state index contributed by atoms with van der Waals surface area (Å²) in [5, 5.41) is 9.49. The molecule has 0 bridgehead atoms. The second-order valence-corrected chi connectivity index (χ2v) is 8.28. The Morgan fingerprint density at radius 2 is 2.06 bits per heavy atom. The molecule has 8 nitrogen and oxygen atoms in total. The zero-order chi connectivity index (χ0) is 23.0. The van der Waals surface area contributed by atoms with E-state index >= 15 is 0 Å². The van der Waals surface area contributed by atoms with E-state index in [9.17, 15) is 14.4 Å². The number of hydrogen-bond donors (Lipinski definition) is 0. The summed E-state index contributed by atoms with van der Waals surface area (Å²) in [5.41, 5.74) is 0.517. The van der Waals surface area contributed by atoms with E-state index < -0.39 is 11.5 Å². The van der Waals surface area contributed by atoms with Gasteiger partial charge in [0.05, 0.1) is 17.6 Å². The fourth-order valence-corrected chi connectivity index (χ4v) is 3.55. The van der Waals surface area contributed by atoms with Gasteiger partial charge in [0.25, 0.3) is 0 Å². The van der Waals surface area contributed by atoms with Crippen LogP contribution in [0.4, 0.5) is 10.2 Å². The third-order valence-corrected chi connectivity index (χ3v) is 5.46. The molecule has 1 aliphatic heterocycles. The summed E-state index contributed by atoms with van der Waals surface area (Å²) in [4.78, 5) is 22.4. The third kappa shape index (κ3) is 3.99. The van der Waals surface area contributed by atoms with Crippen LogP contribution in [0.5, 0.6) is 17.4 Å². The Balaban J connectivity index is 1.56. The van der Waals surface area contributed by atoms with Crippen LogP contribution in [0.3, 0.4) is 0 Å². The van der Waals surface area contributed by atoms with E-state index in [2.05, 4.69) is 9.97 Å². The second kappa shape index (κ2) is 7.96. The first-order valence-electron chi connectivity index (χ1n) is 9.99. The maximum absolute atomic E-state index is 14.8. The number of halogens is 1. The van der Waals surface area contributed by atoms with Crippen LogP contribution in [0.15, 0.2) is 41.3 Å². The van der Waals surface area contributed by atoms with Gasteiger partial charge in [-0.05, 0) is 44.5 Å². The van der Waals surface area contributed by atoms with Crippen molar-refractivity contribution in [3.05, 3.63) is 69.7 Å². The Kier molecular flexibility index (Phi) is 5.30. The lowest BCUT2D eigenvalue weighted by Gasteiger charge is -2.28. The minimum atomic E-state index is -0.694. The van der Waals surface area contributed by atoms with Crippen molar-refractivity contribution in [2.24, 2.45) is 0 Å². The van der Waals surface area contributed by atoms with Crippen molar-refractivity contribution in [1.29, 1.82) is 5.26 Å². The highest BCUT2D eigenvalue weighted by Crippen LogP contribution is 2.32. The molecule has 0 spiro atoms. The Labute approximate surface area is 184 Å². The summed E-state index contributed by atoms with van der Waals surface area (Å²) in [6, 6.07) is 9.59. The van der Waals surface area contributed by atoms with Crippen molar-refractivity contribution in [1.82, 2.24) is 14.5 Å². The van der Waals surface area contributed by atoms with E-state index in [-0.39, 0.29) is 29.3 Å². The Morgan fingerprint density at radius 3 is 2.78 bits per heavy atom. The molecule has 1 aromatic carbocycles. The third-order valence-electron chi connectivity index (χ3n) is 5.46. The molecule has 0 fully saturated rings. The molecule has 0 aliphatic carbocycles. The van der Waals surface area contributed by atoms with Crippen molar-refractivity contribution in [2.75, 3.05) is 11.9 Å². The van der Waals surface area contributed by atoms with Crippen molar-refractivity contribution in [3.8, 4) is 23.4 Å². The van der Waals surface area contributed by atoms with Crippen molar-refractivity contribution < 1.29 is 13.9 Å². The minimum absolute atomic E-state index is 0.0292. The second-order valence-electron chi connectivity index (χ2n) is 8.28. The molecule has 164 valence electrons. The molecule has 0 saturated heterocycles. The lowest BCUT2D eigenvalue weighted by Crippen LogP contribution is -2.38. The Bertz CT molecular complexity index is 1300. The smallest absolute Gasteiger partial charge is 0.352 e. The average molecular weight is 435 g/mol. The molecule has 0 atom stereocenters. The molecule has 32 heavy (non-hydrogen) atoms. The van der Waals surface area contributed by atoms with Crippen LogP contribution in [0.25, 0.3) is 0 Å². The number of benzene rings is 1. The Hall–Kier alpha value is -3.93. The topological polar surface area (TPSA) is 93.3 Å². The number of aromatic nitrogens is 3. The fraction of sp³-hybridized carbons (Fsp3) is 0.304. The predicted molar refractivity (Wildman–Crippen MR) is 115 cm³/mol. The first kappa shape index (κ1) is 21.3. The predicted octanol–water partition coefficient (Wildman–Crippen LogP) is 3.56. The molecule has 0 saturated carbocycles. The summed E-state index contributed by atoms with van der Waals surface area (Å²) in [6.45, 7) is 6.31. The first-order chi connectivity index (χ1) is 15.2. The number of ether oxygens (including phenoxy) is 2. The van der Waals surface area contributed by atoms with E-state index in [1.807, 2.05) is 31.9 Å². The molecule has 0 N–H and O–H groups in total. The number of aryl methyl sites for hydroxylation is 1. The average Bonchev–Trinajstić information content (AvgIpc) is 2.98. The van der Waals surface area contributed by atoms with Crippen LogP contribution in [-0.2, 0) is 13.2 Å². The van der Waals surface area contributed by atoms with Gasteiger partial charge in [0, 0.05) is 31.1 Å². The van der Waals surface area contributed by atoms with Crippen molar-refractivity contribution in [2.45, 2.75) is 39.5 Å². The number of nitrogens with zero attached hydrogens (tertiary/aromatic N) is 5. The summed E-state index contributed by atoms with van der Waals surface area (Å²) in [5.74, 6) is 0.356. The highest BCUT2D eigenvalue weighted by atomic mass is 19.1. The number of fused-ring (bicyclic) bond motifs is 1. The van der Waals surface area contributed by atoms with Gasteiger partial charge < -0.3 is 14.4 Å². The highest BCUT2D eigenvalue weighted by Gasteiger charge is 2.34. The van der Waals surface area contributed by atoms with E-state index in [0.29, 0.717) is 29.4 Å². The van der Waals surface area contributed by atoms with Crippen LogP contribution in [-0.4, -0.2) is 27.1 Å². The molecule has 4 rings (SSSR count). The molecule has 9 heteroatoms. The molecule has 3 heterocycles. The molecule has 1 aliphatic rings. The van der Waals surface area contributed by atoms with E-state index in [1.165, 1.54) is 12.1 Å². The monoisotopic (exact) mass is 435 g/mol. The Morgan fingerprint density at radius 1 is 1.28 bits per heavy atom. The summed E-state index contributed by atoms with van der Waals surface area (Å²) >= 11 is 0. The number of hydrogen-bond acceptors (Lipinski definition) is 7. The quantitative estimate of drug-likeness (QED) is 0.605. The van der Waals surface area contributed by atoms with Crippen LogP contribution in [0, 0.1) is 24.1 Å². The van der Waals surface area contributed by atoms with Gasteiger partial charge in [-0.1, -0.05) is 0 Å². The van der Waals surface area contributed by atoms with Gasteiger partial charge in [0.1, 0.15) is 24.2 Å². The van der Waals surface area contributed by atoms with Crippen molar-refractivity contribution >= 4 is 5.82 Å². The molecular formula is C23H22FN5O3. The van der Waals surface area contributed by atoms with E-state index in [1.54, 1.807) is 35.9 Å². The standard InChI is InChI=1S/C23H22FN5O3/c1-14-7-17(5-6-26-14)32-21-16(11-25)8-15(9-18(21)24)12-31-19-10-20-28(4)23(2,3)13-29(20)22(30)27-19/h5-10H,12-13H2,1-4H3. The zero-order valence-electron chi connectivity index (χ0n) is 18.2. The van der Waals surface area contributed by atoms with E-state index in [4.69, 9.17) is 9.47 Å². The van der Waals surface area contributed by atoms with Gasteiger partial charge in [0.2, 0.25) is 5.88 Å². The molecule has 0 amide bonds. The summed E-state index contributed by atoms with van der Waals surface area (Å²) < 4.78 is 27.6. The van der Waals surface area contributed by atoms with Crippen LogP contribution in [0.2, 0.25) is 0 Å². The van der Waals surface area contributed by atoms with Gasteiger partial charge in [-0.15, -0.1) is 0 Å². The summed E-state index contributed by atoms with van der Waals surface area (Å²) in [7, 11) is 1.90. The maximum atomic E-state index is 14.8. The van der Waals surface area contributed by atoms with Crippen LogP contribution >= 0.6 is 0 Å². The maximum Gasteiger partial charge on any atom is 0.352 e. The van der Waals surface area contributed by atoms with Crippen LogP contribution in [0.1, 0.15) is 30.7 Å². The normalized spacial score (nSPS) is 14.1. The molecule has 0 radical (unpaired) electrons. The fourth-order valence-electron chi connectivity index (χ4n) is 3.55. The molecule has 3 aromatic rings. The van der Waals surface area contributed by atoms with Gasteiger partial charge in [-0.25, -0.2) is 9.18 Å².